The van der Waals surface area contributed by atoms with Gasteiger partial charge in [0.05, 0.1) is 0 Å². The number of aryl methyl sites for hydroxylation is 2. The summed E-state index contributed by atoms with van der Waals surface area (Å²) in [5.74, 6) is -0.172. The van der Waals surface area contributed by atoms with Crippen LogP contribution in [0.1, 0.15) is 11.1 Å². The lowest BCUT2D eigenvalue weighted by Crippen LogP contribution is -1.92. The molecule has 0 aromatic heterocycles. The third kappa shape index (κ3) is 2.65. The van der Waals surface area contributed by atoms with Crippen molar-refractivity contribution < 1.29 is 4.39 Å². The predicted octanol–water partition coefficient (Wildman–Crippen LogP) is 4.76. The van der Waals surface area contributed by atoms with Gasteiger partial charge in [-0.3, -0.25) is 0 Å². The van der Waals surface area contributed by atoms with Crippen LogP contribution in [-0.4, -0.2) is 0 Å². The summed E-state index contributed by atoms with van der Waals surface area (Å²) < 4.78 is 12.9. The fraction of sp³-hybridized carbons (Fsp3) is 0.111. The largest absolute Gasteiger partial charge is 0.207 e. The standard InChI is InChI=1S/C18H15F/c19-17-12-9-14(10-13-17)8-11-16-6-3-5-15-4-1-2-7-18(15)16/h1-7,9-10,12-13H,8,11H2. The van der Waals surface area contributed by atoms with Gasteiger partial charge in [-0.15, -0.1) is 0 Å². The fourth-order valence-electron chi connectivity index (χ4n) is 2.44. The van der Waals surface area contributed by atoms with Crippen LogP contribution < -0.4 is 0 Å². The number of rotatable bonds is 3. The molecule has 3 rings (SSSR count). The lowest BCUT2D eigenvalue weighted by molar-refractivity contribution is 0.627. The van der Waals surface area contributed by atoms with Gasteiger partial charge in [0.15, 0.2) is 0 Å². The Morgan fingerprint density at radius 1 is 0.684 bits per heavy atom. The van der Waals surface area contributed by atoms with Crippen LogP contribution in [0.5, 0.6) is 0 Å². The second-order valence-electron chi connectivity index (χ2n) is 4.76. The maximum absolute atomic E-state index is 12.9. The minimum atomic E-state index is -0.172. The Labute approximate surface area is 112 Å². The Morgan fingerprint density at radius 2 is 1.42 bits per heavy atom. The molecule has 3 aromatic rings. The van der Waals surface area contributed by atoms with Crippen LogP contribution in [0.2, 0.25) is 0 Å². The van der Waals surface area contributed by atoms with Crippen molar-refractivity contribution in [1.82, 2.24) is 0 Å². The molecular formula is C18H15F. The van der Waals surface area contributed by atoms with Crippen molar-refractivity contribution in [2.45, 2.75) is 12.8 Å². The molecule has 0 aliphatic rings. The minimum Gasteiger partial charge on any atom is -0.207 e. The van der Waals surface area contributed by atoms with Gasteiger partial charge in [0, 0.05) is 0 Å². The maximum Gasteiger partial charge on any atom is 0.123 e. The molecule has 0 aliphatic heterocycles. The molecule has 0 saturated heterocycles. The zero-order valence-electron chi connectivity index (χ0n) is 10.6. The fourth-order valence-corrected chi connectivity index (χ4v) is 2.44. The molecule has 0 heterocycles. The van der Waals surface area contributed by atoms with Gasteiger partial charge in [0.1, 0.15) is 5.82 Å². The van der Waals surface area contributed by atoms with E-state index in [0.29, 0.717) is 0 Å². The Hall–Kier alpha value is -2.15. The lowest BCUT2D eigenvalue weighted by Gasteiger charge is -2.06. The highest BCUT2D eigenvalue weighted by Crippen LogP contribution is 2.20. The van der Waals surface area contributed by atoms with Crippen molar-refractivity contribution in [3.63, 3.8) is 0 Å². The van der Waals surface area contributed by atoms with Crippen molar-refractivity contribution in [2.75, 3.05) is 0 Å². The first-order chi connectivity index (χ1) is 9.33. The second kappa shape index (κ2) is 5.23. The number of hydrogen-bond donors (Lipinski definition) is 0. The van der Waals surface area contributed by atoms with Crippen molar-refractivity contribution in [3.8, 4) is 0 Å². The summed E-state index contributed by atoms with van der Waals surface area (Å²) >= 11 is 0. The number of hydrogen-bond acceptors (Lipinski definition) is 0. The van der Waals surface area contributed by atoms with Crippen molar-refractivity contribution in [3.05, 3.63) is 83.7 Å². The normalized spacial score (nSPS) is 10.8. The molecule has 0 saturated carbocycles. The molecule has 0 unspecified atom stereocenters. The smallest absolute Gasteiger partial charge is 0.123 e. The number of halogens is 1. The molecule has 0 amide bonds. The van der Waals surface area contributed by atoms with Crippen LogP contribution in [0.4, 0.5) is 4.39 Å². The first-order valence-corrected chi connectivity index (χ1v) is 6.54. The highest BCUT2D eigenvalue weighted by Gasteiger charge is 2.01. The molecule has 0 bridgehead atoms. The van der Waals surface area contributed by atoms with Gasteiger partial charge >= 0.3 is 0 Å². The molecule has 0 N–H and O–H groups in total. The average molecular weight is 250 g/mol. The Bertz CT molecular complexity index is 678. The van der Waals surface area contributed by atoms with Crippen LogP contribution in [-0.2, 0) is 12.8 Å². The van der Waals surface area contributed by atoms with Gasteiger partial charge in [-0.2, -0.15) is 0 Å². The third-order valence-corrected chi connectivity index (χ3v) is 3.48. The van der Waals surface area contributed by atoms with E-state index in [1.54, 1.807) is 0 Å². The summed E-state index contributed by atoms with van der Waals surface area (Å²) in [4.78, 5) is 0. The highest BCUT2D eigenvalue weighted by molar-refractivity contribution is 5.85. The zero-order chi connectivity index (χ0) is 13.1. The molecule has 0 fully saturated rings. The van der Waals surface area contributed by atoms with Crippen molar-refractivity contribution in [1.29, 1.82) is 0 Å². The van der Waals surface area contributed by atoms with Crippen molar-refractivity contribution >= 4 is 10.8 Å². The Balaban J connectivity index is 1.84. The maximum atomic E-state index is 12.9. The highest BCUT2D eigenvalue weighted by atomic mass is 19.1. The number of benzene rings is 3. The van der Waals surface area contributed by atoms with Gasteiger partial charge in [0.2, 0.25) is 0 Å². The van der Waals surface area contributed by atoms with Crippen molar-refractivity contribution in [2.24, 2.45) is 0 Å². The van der Waals surface area contributed by atoms with E-state index in [4.69, 9.17) is 0 Å². The quantitative estimate of drug-likeness (QED) is 0.628. The molecule has 0 atom stereocenters. The van der Waals surface area contributed by atoms with Gasteiger partial charge in [-0.25, -0.2) is 4.39 Å². The van der Waals surface area contributed by atoms with Gasteiger partial charge in [0.25, 0.3) is 0 Å². The van der Waals surface area contributed by atoms with Gasteiger partial charge in [-0.05, 0) is 46.9 Å². The average Bonchev–Trinajstić information content (AvgIpc) is 2.47. The molecule has 19 heavy (non-hydrogen) atoms. The summed E-state index contributed by atoms with van der Waals surface area (Å²) in [5.41, 5.74) is 2.52. The molecule has 0 aliphatic carbocycles. The van der Waals surface area contributed by atoms with Crippen LogP contribution in [0.15, 0.2) is 66.7 Å². The summed E-state index contributed by atoms with van der Waals surface area (Å²) in [6.07, 6.45) is 1.92. The van der Waals surface area contributed by atoms with E-state index in [-0.39, 0.29) is 5.82 Å². The summed E-state index contributed by atoms with van der Waals surface area (Å²) in [6.45, 7) is 0. The van der Waals surface area contributed by atoms with E-state index in [0.717, 1.165) is 12.8 Å². The summed E-state index contributed by atoms with van der Waals surface area (Å²) in [6, 6.07) is 21.6. The van der Waals surface area contributed by atoms with E-state index in [2.05, 4.69) is 42.5 Å². The first-order valence-electron chi connectivity index (χ1n) is 6.54. The SMILES string of the molecule is Fc1ccc(CCc2cccc3ccccc23)cc1. The van der Waals surface area contributed by atoms with E-state index >= 15 is 0 Å². The zero-order valence-corrected chi connectivity index (χ0v) is 10.6. The second-order valence-corrected chi connectivity index (χ2v) is 4.76. The van der Waals surface area contributed by atoms with Crippen LogP contribution in [0.3, 0.4) is 0 Å². The topological polar surface area (TPSA) is 0 Å². The lowest BCUT2D eigenvalue weighted by atomic mass is 9.99. The van der Waals surface area contributed by atoms with E-state index < -0.39 is 0 Å². The van der Waals surface area contributed by atoms with Crippen LogP contribution in [0, 0.1) is 5.82 Å². The molecule has 0 spiro atoms. The van der Waals surface area contributed by atoms with Crippen LogP contribution in [0.25, 0.3) is 10.8 Å². The monoisotopic (exact) mass is 250 g/mol. The molecule has 3 aromatic carbocycles. The molecule has 1 heteroatoms. The first kappa shape index (κ1) is 11.9. The molecule has 0 radical (unpaired) electrons. The van der Waals surface area contributed by atoms with E-state index in [1.165, 1.54) is 34.0 Å². The summed E-state index contributed by atoms with van der Waals surface area (Å²) in [5, 5.41) is 2.59. The van der Waals surface area contributed by atoms with E-state index in [9.17, 15) is 4.39 Å². The summed E-state index contributed by atoms with van der Waals surface area (Å²) in [7, 11) is 0. The van der Waals surface area contributed by atoms with Gasteiger partial charge < -0.3 is 0 Å². The molecule has 94 valence electrons. The number of fused-ring (bicyclic) bond motifs is 1. The minimum absolute atomic E-state index is 0.172. The van der Waals surface area contributed by atoms with Crippen LogP contribution >= 0.6 is 0 Å². The Kier molecular flexibility index (Phi) is 3.28. The van der Waals surface area contributed by atoms with Gasteiger partial charge in [-0.1, -0.05) is 54.6 Å². The molecule has 0 nitrogen and oxygen atoms in total. The third-order valence-electron chi connectivity index (χ3n) is 3.48. The molecular weight excluding hydrogens is 235 g/mol. The predicted molar refractivity (Wildman–Crippen MR) is 77.8 cm³/mol. The van der Waals surface area contributed by atoms with E-state index in [1.807, 2.05) is 12.1 Å². The Morgan fingerprint density at radius 3 is 2.26 bits per heavy atom.